The second kappa shape index (κ2) is 7.13. The van der Waals surface area contributed by atoms with Gasteiger partial charge in [-0.05, 0) is 12.8 Å². The van der Waals surface area contributed by atoms with Gasteiger partial charge in [0.25, 0.3) is 5.91 Å². The first-order valence-corrected chi connectivity index (χ1v) is 6.86. The summed E-state index contributed by atoms with van der Waals surface area (Å²) in [6, 6.07) is 0. The van der Waals surface area contributed by atoms with E-state index in [2.05, 4.69) is 29.0 Å². The molecule has 5 nitrogen and oxygen atoms in total. The van der Waals surface area contributed by atoms with Crippen LogP contribution in [0.5, 0.6) is 0 Å². The molecule has 1 amide bonds. The third-order valence-electron chi connectivity index (χ3n) is 3.36. The van der Waals surface area contributed by atoms with E-state index in [0.717, 1.165) is 31.6 Å². The minimum absolute atomic E-state index is 0.0691. The summed E-state index contributed by atoms with van der Waals surface area (Å²) in [5.74, 6) is 1.54. The van der Waals surface area contributed by atoms with Crippen LogP contribution in [-0.2, 0) is 6.42 Å². The highest BCUT2D eigenvalue weighted by Gasteiger charge is 2.20. The van der Waals surface area contributed by atoms with Gasteiger partial charge in [-0.3, -0.25) is 9.89 Å². The smallest absolute Gasteiger partial charge is 0.293 e. The maximum absolute atomic E-state index is 12.3. The Morgan fingerprint density at radius 2 is 1.94 bits per heavy atom. The zero-order chi connectivity index (χ0) is 13.5. The first-order valence-electron chi connectivity index (χ1n) is 6.86. The average Bonchev–Trinajstić information content (AvgIpc) is 2.88. The number of aromatic nitrogens is 3. The molecular weight excluding hydrogens is 228 g/mol. The Morgan fingerprint density at radius 3 is 2.39 bits per heavy atom. The normalized spacial score (nSPS) is 10.9. The molecule has 0 saturated heterocycles. The molecule has 0 spiro atoms. The third-order valence-corrected chi connectivity index (χ3v) is 3.36. The van der Waals surface area contributed by atoms with E-state index in [9.17, 15) is 4.79 Å². The summed E-state index contributed by atoms with van der Waals surface area (Å²) in [5, 5.41) is 6.78. The van der Waals surface area contributed by atoms with Crippen molar-refractivity contribution in [2.45, 2.75) is 47.0 Å². The van der Waals surface area contributed by atoms with Gasteiger partial charge in [0.05, 0.1) is 0 Å². The lowest BCUT2D eigenvalue weighted by Crippen LogP contribution is -2.35. The predicted molar refractivity (Wildman–Crippen MR) is 71.4 cm³/mol. The van der Waals surface area contributed by atoms with E-state index in [-0.39, 0.29) is 5.91 Å². The van der Waals surface area contributed by atoms with Crippen LogP contribution in [0.15, 0.2) is 0 Å². The van der Waals surface area contributed by atoms with Crippen LogP contribution in [-0.4, -0.2) is 39.1 Å². The molecular formula is C13H24N4O. The van der Waals surface area contributed by atoms with Gasteiger partial charge in [-0.15, -0.1) is 5.10 Å². The van der Waals surface area contributed by atoms with Crippen molar-refractivity contribution in [1.29, 1.82) is 0 Å². The lowest BCUT2D eigenvalue weighted by atomic mass is 10.0. The quantitative estimate of drug-likeness (QED) is 0.809. The summed E-state index contributed by atoms with van der Waals surface area (Å²) in [4.78, 5) is 18.3. The van der Waals surface area contributed by atoms with Crippen molar-refractivity contribution in [3.05, 3.63) is 11.6 Å². The van der Waals surface area contributed by atoms with Gasteiger partial charge >= 0.3 is 0 Å². The van der Waals surface area contributed by atoms with Gasteiger partial charge in [-0.1, -0.05) is 33.6 Å². The monoisotopic (exact) mass is 252 g/mol. The van der Waals surface area contributed by atoms with Gasteiger partial charge in [0, 0.05) is 19.5 Å². The first kappa shape index (κ1) is 14.7. The van der Waals surface area contributed by atoms with Crippen molar-refractivity contribution in [2.24, 2.45) is 5.92 Å². The minimum atomic E-state index is -0.0691. The Morgan fingerprint density at radius 1 is 1.28 bits per heavy atom. The Balaban J connectivity index is 2.72. The van der Waals surface area contributed by atoms with Crippen LogP contribution in [0.3, 0.4) is 0 Å². The summed E-state index contributed by atoms with van der Waals surface area (Å²) in [5.41, 5.74) is 0. The number of aromatic amines is 1. The molecule has 0 bridgehead atoms. The highest BCUT2D eigenvalue weighted by atomic mass is 16.2. The van der Waals surface area contributed by atoms with Crippen LogP contribution in [0.25, 0.3) is 0 Å². The molecule has 18 heavy (non-hydrogen) atoms. The SMILES string of the molecule is CCc1nc(C(=O)N(CC)CC(CC)CC)n[nH]1. The maximum Gasteiger partial charge on any atom is 0.293 e. The number of amides is 1. The first-order chi connectivity index (χ1) is 8.65. The summed E-state index contributed by atoms with van der Waals surface area (Å²) >= 11 is 0. The molecule has 0 saturated carbocycles. The molecule has 1 aromatic rings. The molecule has 1 heterocycles. The minimum Gasteiger partial charge on any atom is -0.336 e. The molecule has 0 aromatic carbocycles. The van der Waals surface area contributed by atoms with Crippen molar-refractivity contribution in [3.8, 4) is 0 Å². The van der Waals surface area contributed by atoms with Gasteiger partial charge < -0.3 is 4.90 Å². The number of aryl methyl sites for hydroxylation is 1. The molecule has 102 valence electrons. The Bertz CT molecular complexity index is 371. The van der Waals surface area contributed by atoms with Crippen molar-refractivity contribution < 1.29 is 4.79 Å². The van der Waals surface area contributed by atoms with E-state index < -0.39 is 0 Å². The van der Waals surface area contributed by atoms with Gasteiger partial charge in [0.15, 0.2) is 0 Å². The van der Waals surface area contributed by atoms with Crippen LogP contribution < -0.4 is 0 Å². The van der Waals surface area contributed by atoms with Crippen LogP contribution >= 0.6 is 0 Å². The fourth-order valence-corrected chi connectivity index (χ4v) is 1.90. The van der Waals surface area contributed by atoms with E-state index in [1.165, 1.54) is 0 Å². The summed E-state index contributed by atoms with van der Waals surface area (Å²) in [6.45, 7) is 9.79. The fourth-order valence-electron chi connectivity index (χ4n) is 1.90. The molecule has 5 heteroatoms. The van der Waals surface area contributed by atoms with E-state index in [1.807, 2.05) is 18.7 Å². The Labute approximate surface area is 109 Å². The number of rotatable bonds is 7. The molecule has 1 rings (SSSR count). The second-order valence-electron chi connectivity index (χ2n) is 4.49. The fraction of sp³-hybridized carbons (Fsp3) is 0.769. The lowest BCUT2D eigenvalue weighted by Gasteiger charge is -2.24. The summed E-state index contributed by atoms with van der Waals surface area (Å²) in [6.07, 6.45) is 2.95. The molecule has 1 aromatic heterocycles. The van der Waals surface area contributed by atoms with Gasteiger partial charge in [0.2, 0.25) is 5.82 Å². The number of nitrogens with zero attached hydrogens (tertiary/aromatic N) is 3. The van der Waals surface area contributed by atoms with Gasteiger partial charge in [0.1, 0.15) is 5.82 Å². The largest absolute Gasteiger partial charge is 0.336 e. The van der Waals surface area contributed by atoms with Gasteiger partial charge in [-0.25, -0.2) is 4.98 Å². The number of H-pyrrole nitrogens is 1. The molecule has 0 radical (unpaired) electrons. The molecule has 0 aliphatic heterocycles. The number of hydrogen-bond donors (Lipinski definition) is 1. The van der Waals surface area contributed by atoms with E-state index >= 15 is 0 Å². The molecule has 0 atom stereocenters. The van der Waals surface area contributed by atoms with Crippen molar-refractivity contribution in [2.75, 3.05) is 13.1 Å². The second-order valence-corrected chi connectivity index (χ2v) is 4.49. The lowest BCUT2D eigenvalue weighted by molar-refractivity contribution is 0.0723. The summed E-state index contributed by atoms with van der Waals surface area (Å²) < 4.78 is 0. The standard InChI is InChI=1S/C13H24N4O/c1-5-10(6-2)9-17(8-4)13(18)12-14-11(7-3)15-16-12/h10H,5-9H2,1-4H3,(H,14,15,16). The maximum atomic E-state index is 12.3. The van der Waals surface area contributed by atoms with Crippen LogP contribution in [0, 0.1) is 5.92 Å². The number of carbonyl (C=O) groups excluding carboxylic acids is 1. The molecule has 0 unspecified atom stereocenters. The molecule has 0 aliphatic rings. The average molecular weight is 252 g/mol. The Kier molecular flexibility index (Phi) is 5.82. The molecule has 0 fully saturated rings. The van der Waals surface area contributed by atoms with E-state index in [0.29, 0.717) is 18.3 Å². The zero-order valence-corrected chi connectivity index (χ0v) is 11.9. The number of carbonyl (C=O) groups is 1. The van der Waals surface area contributed by atoms with E-state index in [1.54, 1.807) is 0 Å². The zero-order valence-electron chi connectivity index (χ0n) is 11.9. The highest BCUT2D eigenvalue weighted by Crippen LogP contribution is 2.11. The summed E-state index contributed by atoms with van der Waals surface area (Å²) in [7, 11) is 0. The van der Waals surface area contributed by atoms with Crippen molar-refractivity contribution >= 4 is 5.91 Å². The number of nitrogens with one attached hydrogen (secondary N) is 1. The van der Waals surface area contributed by atoms with Crippen LogP contribution in [0.2, 0.25) is 0 Å². The van der Waals surface area contributed by atoms with Gasteiger partial charge in [-0.2, -0.15) is 0 Å². The molecule has 0 aliphatic carbocycles. The number of hydrogen-bond acceptors (Lipinski definition) is 3. The van der Waals surface area contributed by atoms with Crippen LogP contribution in [0.1, 0.15) is 57.0 Å². The van der Waals surface area contributed by atoms with Crippen molar-refractivity contribution in [3.63, 3.8) is 0 Å². The van der Waals surface area contributed by atoms with E-state index in [4.69, 9.17) is 0 Å². The van der Waals surface area contributed by atoms with Crippen LogP contribution in [0.4, 0.5) is 0 Å². The Hall–Kier alpha value is -1.39. The third kappa shape index (κ3) is 3.55. The predicted octanol–water partition coefficient (Wildman–Crippen LogP) is 2.27. The molecule has 1 N–H and O–H groups in total. The highest BCUT2D eigenvalue weighted by molar-refractivity contribution is 5.90. The topological polar surface area (TPSA) is 61.9 Å². The van der Waals surface area contributed by atoms with Crippen molar-refractivity contribution in [1.82, 2.24) is 20.1 Å².